The van der Waals surface area contributed by atoms with E-state index in [0.29, 0.717) is 31.9 Å². The van der Waals surface area contributed by atoms with Crippen LogP contribution in [0, 0.1) is 11.8 Å². The number of para-hydroxylation sites is 1. The number of nitrogens with one attached hydrogen (secondary N) is 2. The Morgan fingerprint density at radius 1 is 0.897 bits per heavy atom. The van der Waals surface area contributed by atoms with Crippen molar-refractivity contribution in [2.75, 3.05) is 27.4 Å². The second-order valence-corrected chi connectivity index (χ2v) is 6.79. The minimum absolute atomic E-state index is 0.106. The molecule has 1 saturated carbocycles. The van der Waals surface area contributed by atoms with E-state index in [2.05, 4.69) is 10.6 Å². The van der Waals surface area contributed by atoms with Crippen molar-refractivity contribution in [1.29, 1.82) is 0 Å². The van der Waals surface area contributed by atoms with Crippen LogP contribution in [0.1, 0.15) is 12.0 Å². The Morgan fingerprint density at radius 3 is 2.24 bits per heavy atom. The van der Waals surface area contributed by atoms with Gasteiger partial charge in [-0.3, -0.25) is 9.59 Å². The van der Waals surface area contributed by atoms with Gasteiger partial charge >= 0.3 is 0 Å². The topological polar surface area (TPSA) is 85.9 Å². The molecule has 2 aromatic rings. The Kier molecular flexibility index (Phi) is 6.94. The molecule has 7 nitrogen and oxygen atoms in total. The summed E-state index contributed by atoms with van der Waals surface area (Å²) < 4.78 is 15.9. The van der Waals surface area contributed by atoms with Crippen molar-refractivity contribution in [2.24, 2.45) is 11.8 Å². The normalized spacial score (nSPS) is 17.2. The quantitative estimate of drug-likeness (QED) is 0.599. The first kappa shape index (κ1) is 20.5. The van der Waals surface area contributed by atoms with Crippen molar-refractivity contribution in [2.45, 2.75) is 13.0 Å². The van der Waals surface area contributed by atoms with Crippen LogP contribution in [0.4, 0.5) is 0 Å². The number of methoxy groups -OCH3 is 2. The van der Waals surface area contributed by atoms with Crippen molar-refractivity contribution in [3.05, 3.63) is 54.1 Å². The maximum Gasteiger partial charge on any atom is 0.224 e. The number of carbonyl (C=O) groups is 2. The van der Waals surface area contributed by atoms with Crippen molar-refractivity contribution in [3.8, 4) is 17.2 Å². The smallest absolute Gasteiger partial charge is 0.224 e. The summed E-state index contributed by atoms with van der Waals surface area (Å²) in [5, 5.41) is 5.71. The molecule has 0 spiro atoms. The molecule has 0 heterocycles. The summed E-state index contributed by atoms with van der Waals surface area (Å²) in [5.41, 5.74) is 0.903. The lowest BCUT2D eigenvalue weighted by atomic mass is 10.2. The van der Waals surface area contributed by atoms with Gasteiger partial charge in [-0.25, -0.2) is 0 Å². The Morgan fingerprint density at radius 2 is 1.55 bits per heavy atom. The Labute approximate surface area is 170 Å². The predicted molar refractivity (Wildman–Crippen MR) is 108 cm³/mol. The van der Waals surface area contributed by atoms with Crippen LogP contribution in [0.2, 0.25) is 0 Å². The van der Waals surface area contributed by atoms with Crippen molar-refractivity contribution in [1.82, 2.24) is 10.6 Å². The third kappa shape index (κ3) is 5.63. The average Bonchev–Trinajstić information content (AvgIpc) is 3.56. The first-order chi connectivity index (χ1) is 14.1. The molecule has 0 radical (unpaired) electrons. The van der Waals surface area contributed by atoms with Gasteiger partial charge in [0.05, 0.1) is 32.6 Å². The number of hydrogen-bond acceptors (Lipinski definition) is 5. The van der Waals surface area contributed by atoms with Gasteiger partial charge in [-0.2, -0.15) is 0 Å². The summed E-state index contributed by atoms with van der Waals surface area (Å²) in [5.74, 6) is 1.44. The maximum absolute atomic E-state index is 12.3. The summed E-state index contributed by atoms with van der Waals surface area (Å²) in [6.45, 7) is 1.12. The monoisotopic (exact) mass is 398 g/mol. The van der Waals surface area contributed by atoms with Crippen LogP contribution in [-0.2, 0) is 16.1 Å². The zero-order valence-electron chi connectivity index (χ0n) is 16.6. The zero-order valence-corrected chi connectivity index (χ0v) is 16.6. The van der Waals surface area contributed by atoms with Crippen molar-refractivity contribution >= 4 is 11.8 Å². The molecule has 2 unspecified atom stereocenters. The summed E-state index contributed by atoms with van der Waals surface area (Å²) in [6, 6.07) is 14.8. The van der Waals surface area contributed by atoms with Crippen molar-refractivity contribution < 1.29 is 23.8 Å². The SMILES string of the molecule is COc1ccc(OCCNC(=O)C2CC2C(=O)NCc2ccccc2OC)cc1. The van der Waals surface area contributed by atoms with E-state index in [4.69, 9.17) is 14.2 Å². The molecule has 1 aliphatic rings. The molecule has 0 saturated heterocycles. The molecule has 3 rings (SSSR count). The van der Waals surface area contributed by atoms with Crippen LogP contribution < -0.4 is 24.8 Å². The zero-order chi connectivity index (χ0) is 20.6. The molecule has 7 heteroatoms. The van der Waals surface area contributed by atoms with Gasteiger partial charge in [0.2, 0.25) is 11.8 Å². The van der Waals surface area contributed by atoms with E-state index >= 15 is 0 Å². The van der Waals surface area contributed by atoms with Gasteiger partial charge in [-0.15, -0.1) is 0 Å². The van der Waals surface area contributed by atoms with E-state index in [9.17, 15) is 9.59 Å². The fourth-order valence-electron chi connectivity index (χ4n) is 3.08. The van der Waals surface area contributed by atoms with Gasteiger partial charge in [0.25, 0.3) is 0 Å². The van der Waals surface area contributed by atoms with Gasteiger partial charge in [-0.05, 0) is 36.8 Å². The Hall–Kier alpha value is -3.22. The first-order valence-electron chi connectivity index (χ1n) is 9.56. The van der Waals surface area contributed by atoms with E-state index in [1.807, 2.05) is 48.5 Å². The second-order valence-electron chi connectivity index (χ2n) is 6.79. The fourth-order valence-corrected chi connectivity index (χ4v) is 3.08. The van der Waals surface area contributed by atoms with Crippen molar-refractivity contribution in [3.63, 3.8) is 0 Å². The highest BCUT2D eigenvalue weighted by Crippen LogP contribution is 2.38. The minimum atomic E-state index is -0.271. The predicted octanol–water partition coefficient (Wildman–Crippen LogP) is 2.15. The minimum Gasteiger partial charge on any atom is -0.497 e. The first-order valence-corrected chi connectivity index (χ1v) is 9.56. The molecule has 0 aliphatic heterocycles. The molecular formula is C22H26N2O5. The number of benzene rings is 2. The lowest BCUT2D eigenvalue weighted by molar-refractivity contribution is -0.127. The molecule has 0 aromatic heterocycles. The van der Waals surface area contributed by atoms with Gasteiger partial charge < -0.3 is 24.8 Å². The number of ether oxygens (including phenoxy) is 3. The number of carbonyl (C=O) groups excluding carboxylic acids is 2. The third-order valence-electron chi connectivity index (χ3n) is 4.84. The second kappa shape index (κ2) is 9.82. The van der Waals surface area contributed by atoms with Gasteiger partial charge in [0.15, 0.2) is 0 Å². The van der Waals surface area contributed by atoms with Crippen LogP contribution in [0.25, 0.3) is 0 Å². The molecule has 2 N–H and O–H groups in total. The molecule has 1 aliphatic carbocycles. The summed E-state index contributed by atoms with van der Waals surface area (Å²) in [4.78, 5) is 24.5. The molecule has 29 heavy (non-hydrogen) atoms. The van der Waals surface area contributed by atoms with Crippen LogP contribution in [0.15, 0.2) is 48.5 Å². The highest BCUT2D eigenvalue weighted by atomic mass is 16.5. The summed E-state index contributed by atoms with van der Waals surface area (Å²) >= 11 is 0. The Balaban J connectivity index is 1.34. The van der Waals surface area contributed by atoms with E-state index in [1.54, 1.807) is 14.2 Å². The highest BCUT2D eigenvalue weighted by Gasteiger charge is 2.47. The largest absolute Gasteiger partial charge is 0.497 e. The van der Waals surface area contributed by atoms with Gasteiger partial charge in [0, 0.05) is 12.1 Å². The van der Waals surface area contributed by atoms with Crippen LogP contribution >= 0.6 is 0 Å². The Bertz CT molecular complexity index is 837. The molecule has 1 fully saturated rings. The standard InChI is InChI=1S/C22H26N2O5/c1-27-16-7-9-17(10-8-16)29-12-11-23-21(25)18-13-19(18)22(26)24-14-15-5-3-4-6-20(15)28-2/h3-10,18-19H,11-14H2,1-2H3,(H,23,25)(H,24,26). The average molecular weight is 398 g/mol. The van der Waals surface area contributed by atoms with E-state index in [0.717, 1.165) is 17.1 Å². The molecule has 2 amide bonds. The number of rotatable bonds is 10. The lowest BCUT2D eigenvalue weighted by Gasteiger charge is -2.10. The lowest BCUT2D eigenvalue weighted by Crippen LogP contribution is -2.32. The number of amides is 2. The highest BCUT2D eigenvalue weighted by molar-refractivity contribution is 5.92. The molecular weight excluding hydrogens is 372 g/mol. The fraction of sp³-hybridized carbons (Fsp3) is 0.364. The third-order valence-corrected chi connectivity index (χ3v) is 4.84. The molecule has 2 aromatic carbocycles. The summed E-state index contributed by atoms with van der Waals surface area (Å²) in [6.07, 6.45) is 0.572. The maximum atomic E-state index is 12.3. The van der Waals surface area contributed by atoms with Crippen LogP contribution in [-0.4, -0.2) is 39.2 Å². The van der Waals surface area contributed by atoms with E-state index in [1.165, 1.54) is 0 Å². The van der Waals surface area contributed by atoms with E-state index in [-0.39, 0.29) is 23.7 Å². The van der Waals surface area contributed by atoms with Gasteiger partial charge in [0.1, 0.15) is 23.9 Å². The molecule has 154 valence electrons. The summed E-state index contributed by atoms with van der Waals surface area (Å²) in [7, 11) is 3.20. The van der Waals surface area contributed by atoms with E-state index < -0.39 is 0 Å². The van der Waals surface area contributed by atoms with Crippen LogP contribution in [0.5, 0.6) is 17.2 Å². The van der Waals surface area contributed by atoms with Crippen LogP contribution in [0.3, 0.4) is 0 Å². The van der Waals surface area contributed by atoms with Gasteiger partial charge in [-0.1, -0.05) is 18.2 Å². The molecule has 0 bridgehead atoms. The molecule has 2 atom stereocenters. The number of hydrogen-bond donors (Lipinski definition) is 2.